The second kappa shape index (κ2) is 12.7. The number of hydrogen-bond donors (Lipinski definition) is 0. The van der Waals surface area contributed by atoms with Crippen LogP contribution in [0.2, 0.25) is 0 Å². The summed E-state index contributed by atoms with van der Waals surface area (Å²) >= 11 is 3.85. The molecule has 254 valence electrons. The molecular formula is C50H33NS2Si. The van der Waals surface area contributed by atoms with Crippen molar-refractivity contribution in [2.24, 2.45) is 0 Å². The normalized spacial score (nSPS) is 13.6. The van der Waals surface area contributed by atoms with E-state index < -0.39 is 8.07 Å². The highest BCUT2D eigenvalue weighted by atomic mass is 32.2. The highest BCUT2D eigenvalue weighted by molar-refractivity contribution is 8.01. The fraction of sp³-hybridized carbons (Fsp3) is 0. The standard InChI is InChI=1S/C50H33NS2Si/c1-2-14-34(15-3-1)35-26-28-37(29-27-35)51(42-32-36-16-4-5-17-39(36)40-18-6-7-19-41(40)42)38-30-31-46-50(33-38)54(49-25-13-10-22-45(49)53-46)47-23-11-8-20-43(47)52-44-21-9-12-24-48(44)54/h1-33H. The molecule has 0 saturated carbocycles. The summed E-state index contributed by atoms with van der Waals surface area (Å²) in [6.45, 7) is 0. The van der Waals surface area contributed by atoms with Crippen LogP contribution in [0.4, 0.5) is 17.1 Å². The molecule has 0 N–H and O–H groups in total. The van der Waals surface area contributed by atoms with E-state index in [9.17, 15) is 0 Å². The summed E-state index contributed by atoms with van der Waals surface area (Å²) in [7, 11) is -2.75. The van der Waals surface area contributed by atoms with Gasteiger partial charge in [0.25, 0.3) is 0 Å². The van der Waals surface area contributed by atoms with Gasteiger partial charge < -0.3 is 4.90 Å². The molecule has 1 nitrogen and oxygen atoms in total. The third-order valence-electron chi connectivity index (χ3n) is 11.2. The van der Waals surface area contributed by atoms with E-state index in [0.717, 1.165) is 5.69 Å². The van der Waals surface area contributed by atoms with Crippen LogP contribution in [0.15, 0.2) is 220 Å². The van der Waals surface area contributed by atoms with Gasteiger partial charge in [0.15, 0.2) is 8.07 Å². The van der Waals surface area contributed by atoms with Crippen molar-refractivity contribution in [3.63, 3.8) is 0 Å². The van der Waals surface area contributed by atoms with Crippen LogP contribution in [0.25, 0.3) is 32.7 Å². The van der Waals surface area contributed by atoms with E-state index in [2.05, 4.69) is 205 Å². The van der Waals surface area contributed by atoms with E-state index in [0.29, 0.717) is 0 Å². The predicted octanol–water partition coefficient (Wildman–Crippen LogP) is 11.4. The SMILES string of the molecule is c1ccc(-c2ccc(N(c3ccc4c(c3)[Si]3(c5ccccc5Sc5ccccc53)c3ccccc3S4)c3cc4ccccc4c4ccccc34)cc2)cc1. The Hall–Kier alpha value is -5.78. The Morgan fingerprint density at radius 2 is 0.815 bits per heavy atom. The van der Waals surface area contributed by atoms with Gasteiger partial charge in [0.1, 0.15) is 0 Å². The van der Waals surface area contributed by atoms with Gasteiger partial charge in [0.05, 0.1) is 5.69 Å². The molecule has 0 amide bonds. The quantitative estimate of drug-likeness (QED) is 0.131. The molecule has 54 heavy (non-hydrogen) atoms. The smallest absolute Gasteiger partial charge is 0.184 e. The summed E-state index contributed by atoms with van der Waals surface area (Å²) < 4.78 is 0. The average Bonchev–Trinajstić information content (AvgIpc) is 3.24. The third kappa shape index (κ3) is 4.81. The van der Waals surface area contributed by atoms with E-state index in [1.54, 1.807) is 0 Å². The molecule has 4 heteroatoms. The Morgan fingerprint density at radius 3 is 1.46 bits per heavy atom. The number of benzene rings is 9. The number of hydrogen-bond acceptors (Lipinski definition) is 3. The lowest BCUT2D eigenvalue weighted by Crippen LogP contribution is -2.78. The number of rotatable bonds is 4. The molecular weight excluding hydrogens is 707 g/mol. The van der Waals surface area contributed by atoms with Gasteiger partial charge in [-0.05, 0) is 103 Å². The predicted molar refractivity (Wildman–Crippen MR) is 233 cm³/mol. The van der Waals surface area contributed by atoms with Crippen molar-refractivity contribution in [1.82, 2.24) is 0 Å². The van der Waals surface area contributed by atoms with E-state index in [4.69, 9.17) is 0 Å². The van der Waals surface area contributed by atoms with Crippen molar-refractivity contribution < 1.29 is 0 Å². The van der Waals surface area contributed by atoms with Gasteiger partial charge in [-0.15, -0.1) is 0 Å². The zero-order valence-corrected chi connectivity index (χ0v) is 31.9. The topological polar surface area (TPSA) is 3.24 Å². The van der Waals surface area contributed by atoms with E-state index in [1.165, 1.54) is 84.4 Å². The lowest BCUT2D eigenvalue weighted by molar-refractivity contribution is 1.29. The molecule has 2 aliphatic heterocycles. The molecule has 11 rings (SSSR count). The summed E-state index contributed by atoms with van der Waals surface area (Å²) in [6.07, 6.45) is 0. The van der Waals surface area contributed by atoms with Crippen LogP contribution in [0, 0.1) is 0 Å². The molecule has 2 heterocycles. The monoisotopic (exact) mass is 739 g/mol. The first-order chi connectivity index (χ1) is 26.8. The number of anilines is 3. The van der Waals surface area contributed by atoms with Crippen molar-refractivity contribution in [1.29, 1.82) is 0 Å². The average molecular weight is 740 g/mol. The van der Waals surface area contributed by atoms with Gasteiger partial charge >= 0.3 is 0 Å². The van der Waals surface area contributed by atoms with Crippen LogP contribution in [0.3, 0.4) is 0 Å². The maximum atomic E-state index is 2.56. The lowest BCUT2D eigenvalue weighted by atomic mass is 9.98. The first-order valence-corrected chi connectivity index (χ1v) is 22.1. The third-order valence-corrected chi connectivity index (χ3v) is 19.1. The molecule has 0 aliphatic carbocycles. The van der Waals surface area contributed by atoms with Gasteiger partial charge in [-0.25, -0.2) is 0 Å². The highest BCUT2D eigenvalue weighted by Gasteiger charge is 2.51. The zero-order chi connectivity index (χ0) is 35.6. The lowest BCUT2D eigenvalue weighted by Gasteiger charge is -2.44. The van der Waals surface area contributed by atoms with E-state index in [-0.39, 0.29) is 0 Å². The first kappa shape index (κ1) is 31.7. The molecule has 0 fully saturated rings. The Labute approximate surface area is 325 Å². The van der Waals surface area contributed by atoms with Crippen LogP contribution < -0.4 is 25.6 Å². The molecule has 0 bridgehead atoms. The summed E-state index contributed by atoms with van der Waals surface area (Å²) in [5, 5.41) is 10.9. The molecule has 2 aliphatic rings. The fourth-order valence-electron chi connectivity index (χ4n) is 8.82. The molecule has 0 saturated heterocycles. The van der Waals surface area contributed by atoms with Gasteiger partial charge in [0, 0.05) is 36.3 Å². The van der Waals surface area contributed by atoms with Crippen molar-refractivity contribution >= 4 is 91.0 Å². The second-order valence-corrected chi connectivity index (χ2v) is 19.9. The molecule has 9 aromatic carbocycles. The summed E-state index contributed by atoms with van der Waals surface area (Å²) in [4.78, 5) is 7.97. The molecule has 0 aromatic heterocycles. The second-order valence-electron chi connectivity index (χ2n) is 14.0. The minimum Gasteiger partial charge on any atom is -0.310 e. The minimum absolute atomic E-state index is 1.13. The molecule has 0 unspecified atom stereocenters. The summed E-state index contributed by atoms with van der Waals surface area (Å²) in [6, 6.07) is 74.8. The van der Waals surface area contributed by atoms with Crippen LogP contribution >= 0.6 is 23.5 Å². The van der Waals surface area contributed by atoms with Gasteiger partial charge in [0.2, 0.25) is 0 Å². The van der Waals surface area contributed by atoms with Crippen LogP contribution in [-0.4, -0.2) is 8.07 Å². The molecule has 1 spiro atoms. The largest absolute Gasteiger partial charge is 0.310 e. The van der Waals surface area contributed by atoms with Gasteiger partial charge in [-0.3, -0.25) is 0 Å². The Balaban J connectivity index is 1.21. The molecule has 0 atom stereocenters. The Morgan fingerprint density at radius 1 is 0.333 bits per heavy atom. The maximum Gasteiger partial charge on any atom is 0.184 e. The van der Waals surface area contributed by atoms with Crippen molar-refractivity contribution in [3.05, 3.63) is 200 Å². The van der Waals surface area contributed by atoms with E-state index >= 15 is 0 Å². The zero-order valence-electron chi connectivity index (χ0n) is 29.3. The van der Waals surface area contributed by atoms with Gasteiger partial charge in [-0.1, -0.05) is 169 Å². The van der Waals surface area contributed by atoms with Gasteiger partial charge in [-0.2, -0.15) is 0 Å². The fourth-order valence-corrected chi connectivity index (χ4v) is 18.0. The Kier molecular flexibility index (Phi) is 7.44. The molecule has 0 radical (unpaired) electrons. The first-order valence-electron chi connectivity index (χ1n) is 18.4. The highest BCUT2D eigenvalue weighted by Crippen LogP contribution is 2.45. The van der Waals surface area contributed by atoms with Crippen LogP contribution in [-0.2, 0) is 0 Å². The molecule has 9 aromatic rings. The summed E-state index contributed by atoms with van der Waals surface area (Å²) in [5.74, 6) is 0. The van der Waals surface area contributed by atoms with Crippen molar-refractivity contribution in [2.75, 3.05) is 4.90 Å². The Bertz CT molecular complexity index is 2800. The maximum absolute atomic E-state index is 2.75. The number of fused-ring (bicyclic) bond motifs is 11. The minimum atomic E-state index is -2.75. The van der Waals surface area contributed by atoms with E-state index in [1.807, 2.05) is 23.5 Å². The van der Waals surface area contributed by atoms with Crippen molar-refractivity contribution in [2.45, 2.75) is 19.6 Å². The van der Waals surface area contributed by atoms with Crippen LogP contribution in [0.5, 0.6) is 0 Å². The summed E-state index contributed by atoms with van der Waals surface area (Å²) in [5.41, 5.74) is 5.91. The van der Waals surface area contributed by atoms with Crippen LogP contribution in [0.1, 0.15) is 0 Å². The number of nitrogens with zero attached hydrogens (tertiary/aromatic N) is 1. The van der Waals surface area contributed by atoms with Crippen molar-refractivity contribution in [3.8, 4) is 11.1 Å².